The molecule has 3 aromatic carbocycles. The first-order valence-electron chi connectivity index (χ1n) is 19.7. The van der Waals surface area contributed by atoms with E-state index in [1.165, 1.54) is 17.7 Å². The normalized spacial score (nSPS) is 20.5. The molecule has 7 rings (SSSR count). The molecule has 0 bridgehead atoms. The number of halogens is 2. The maximum absolute atomic E-state index is 14.6. The number of thiophene rings is 1. The van der Waals surface area contributed by atoms with Crippen LogP contribution in [0.5, 0.6) is 0 Å². The van der Waals surface area contributed by atoms with Crippen LogP contribution in [0, 0.1) is 5.92 Å². The van der Waals surface area contributed by atoms with E-state index < -0.39 is 36.8 Å². The Morgan fingerprint density at radius 3 is 2.37 bits per heavy atom. The molecule has 4 aromatic rings. The van der Waals surface area contributed by atoms with Gasteiger partial charge in [-0.25, -0.2) is 0 Å². The standard InChI is InChI=1S/C42H49F2N4O7PS/c43-42(44,56(52,53)54)33-15-16-37-32(26-33)27-38(57-37)39(49)45-34(25-30-17-21-46(22-18-30)19-7-11-29-9-3-1-4-10-29)40(50)48-20-8-14-35(48)41(51)47-23-24-55-36(28-47)31-12-5-2-6-13-31/h1-6,9-10,12-13,15-16,26-27,30,34-36H,7-8,11,14,17-25,28H2,(H,45,49)(H2,52,53,54). The van der Waals surface area contributed by atoms with Gasteiger partial charge in [-0.05, 0) is 105 Å². The van der Waals surface area contributed by atoms with Crippen LogP contribution in [0.2, 0.25) is 0 Å². The molecule has 57 heavy (non-hydrogen) atoms. The van der Waals surface area contributed by atoms with Crippen LogP contribution in [-0.2, 0) is 31.0 Å². The Morgan fingerprint density at radius 2 is 1.65 bits per heavy atom. The van der Waals surface area contributed by atoms with Crippen LogP contribution in [0.1, 0.15) is 71.0 Å². The maximum Gasteiger partial charge on any atom is 0.399 e. The van der Waals surface area contributed by atoms with Gasteiger partial charge in [-0.3, -0.25) is 18.9 Å². The molecule has 304 valence electrons. The quantitative estimate of drug-likeness (QED) is 0.129. The molecule has 0 saturated carbocycles. The molecule has 3 aliphatic heterocycles. The first-order valence-corrected chi connectivity index (χ1v) is 22.1. The number of amides is 3. The fraction of sp³-hybridized carbons (Fsp3) is 0.452. The fourth-order valence-corrected chi connectivity index (χ4v) is 9.73. The number of rotatable bonds is 13. The van der Waals surface area contributed by atoms with Gasteiger partial charge in [-0.15, -0.1) is 11.3 Å². The number of ether oxygens (including phenoxy) is 1. The van der Waals surface area contributed by atoms with Crippen molar-refractivity contribution in [3.63, 3.8) is 0 Å². The number of nitrogens with zero attached hydrogens (tertiary/aromatic N) is 3. The molecule has 3 atom stereocenters. The van der Waals surface area contributed by atoms with Crippen LogP contribution in [0.15, 0.2) is 84.9 Å². The molecular formula is C42H49F2N4O7PS. The summed E-state index contributed by atoms with van der Waals surface area (Å²) >= 11 is 1.04. The number of aryl methyl sites for hydroxylation is 1. The van der Waals surface area contributed by atoms with E-state index in [9.17, 15) is 37.5 Å². The molecule has 3 unspecified atom stereocenters. The van der Waals surface area contributed by atoms with Gasteiger partial charge in [-0.1, -0.05) is 66.7 Å². The zero-order valence-electron chi connectivity index (χ0n) is 31.7. The van der Waals surface area contributed by atoms with Crippen LogP contribution in [0.4, 0.5) is 8.78 Å². The van der Waals surface area contributed by atoms with E-state index in [0.717, 1.165) is 74.4 Å². The molecule has 3 amide bonds. The van der Waals surface area contributed by atoms with E-state index >= 15 is 0 Å². The number of alkyl halides is 2. The summed E-state index contributed by atoms with van der Waals surface area (Å²) in [7, 11) is -5.79. The average Bonchev–Trinajstić information content (AvgIpc) is 3.89. The van der Waals surface area contributed by atoms with Crippen LogP contribution in [0.3, 0.4) is 0 Å². The number of benzene rings is 3. The van der Waals surface area contributed by atoms with Crippen LogP contribution in [-0.4, -0.2) is 100 Å². The summed E-state index contributed by atoms with van der Waals surface area (Å²) in [6, 6.07) is 23.2. The van der Waals surface area contributed by atoms with Crippen LogP contribution in [0.25, 0.3) is 10.1 Å². The summed E-state index contributed by atoms with van der Waals surface area (Å²) in [5.41, 5.74) is -2.96. The second kappa shape index (κ2) is 17.8. The first kappa shape index (κ1) is 41.1. The molecule has 15 heteroatoms. The van der Waals surface area contributed by atoms with Crippen molar-refractivity contribution in [1.29, 1.82) is 0 Å². The smallest absolute Gasteiger partial charge is 0.370 e. The SMILES string of the molecule is O=C(NC(CC1CCN(CCCc2ccccc2)CC1)C(=O)N1CCCC1C(=O)N1CCOC(c2ccccc2)C1)c1cc2cc(C(F)(F)P(=O)(O)O)ccc2s1. The Kier molecular flexibility index (Phi) is 12.9. The van der Waals surface area contributed by atoms with Gasteiger partial charge < -0.3 is 34.5 Å². The predicted octanol–water partition coefficient (Wildman–Crippen LogP) is 6.55. The van der Waals surface area contributed by atoms with Gasteiger partial charge in [0.15, 0.2) is 0 Å². The Labute approximate surface area is 335 Å². The molecule has 3 saturated heterocycles. The van der Waals surface area contributed by atoms with E-state index in [4.69, 9.17) is 4.74 Å². The molecule has 4 heterocycles. The van der Waals surface area contributed by atoms with E-state index in [1.807, 2.05) is 36.4 Å². The van der Waals surface area contributed by atoms with E-state index in [-0.39, 0.29) is 34.1 Å². The Hall–Kier alpha value is -4.04. The second-order valence-electron chi connectivity index (χ2n) is 15.3. The van der Waals surface area contributed by atoms with E-state index in [2.05, 4.69) is 34.5 Å². The van der Waals surface area contributed by atoms with Gasteiger partial charge in [0.05, 0.1) is 18.0 Å². The molecule has 11 nitrogen and oxygen atoms in total. The summed E-state index contributed by atoms with van der Waals surface area (Å²) in [6.45, 7) is 4.26. The van der Waals surface area contributed by atoms with Crippen molar-refractivity contribution in [3.05, 3.63) is 106 Å². The molecule has 3 aliphatic rings. The topological polar surface area (TPSA) is 140 Å². The predicted molar refractivity (Wildman–Crippen MR) is 214 cm³/mol. The van der Waals surface area contributed by atoms with E-state index in [1.54, 1.807) is 9.80 Å². The van der Waals surface area contributed by atoms with Crippen molar-refractivity contribution in [3.8, 4) is 0 Å². The first-order chi connectivity index (χ1) is 27.4. The number of hydrogen-bond acceptors (Lipinski definition) is 7. The Bertz CT molecular complexity index is 2080. The number of piperidine rings is 1. The Morgan fingerprint density at radius 1 is 0.930 bits per heavy atom. The zero-order valence-corrected chi connectivity index (χ0v) is 33.4. The third-order valence-corrected chi connectivity index (χ3v) is 13.6. The third kappa shape index (κ3) is 9.64. The zero-order chi connectivity index (χ0) is 40.2. The summed E-state index contributed by atoms with van der Waals surface area (Å²) < 4.78 is 47.1. The molecule has 1 aromatic heterocycles. The highest BCUT2D eigenvalue weighted by molar-refractivity contribution is 7.52. The number of hydrogen-bond donors (Lipinski definition) is 3. The van der Waals surface area contributed by atoms with Crippen molar-refractivity contribution in [2.45, 2.75) is 68.8 Å². The molecular weight excluding hydrogens is 774 g/mol. The summed E-state index contributed by atoms with van der Waals surface area (Å²) in [4.78, 5) is 67.1. The highest BCUT2D eigenvalue weighted by atomic mass is 32.1. The average molecular weight is 823 g/mol. The van der Waals surface area contributed by atoms with Gasteiger partial charge in [0.25, 0.3) is 5.91 Å². The molecule has 0 spiro atoms. The van der Waals surface area contributed by atoms with Crippen molar-refractivity contribution in [2.24, 2.45) is 5.92 Å². The minimum absolute atomic E-state index is 0.133. The minimum atomic E-state index is -5.79. The lowest BCUT2D eigenvalue weighted by Gasteiger charge is -2.38. The maximum atomic E-state index is 14.6. The summed E-state index contributed by atoms with van der Waals surface area (Å²) in [5, 5.41) is 3.19. The number of carbonyl (C=O) groups excluding carboxylic acids is 3. The van der Waals surface area contributed by atoms with Gasteiger partial charge >= 0.3 is 13.3 Å². The van der Waals surface area contributed by atoms with Gasteiger partial charge in [0.1, 0.15) is 18.2 Å². The number of carbonyl (C=O) groups is 3. The van der Waals surface area contributed by atoms with Gasteiger partial charge in [0.2, 0.25) is 11.8 Å². The number of likely N-dealkylation sites (tertiary alicyclic amines) is 2. The molecule has 0 aliphatic carbocycles. The lowest BCUT2D eigenvalue weighted by molar-refractivity contribution is -0.149. The van der Waals surface area contributed by atoms with E-state index in [0.29, 0.717) is 50.2 Å². The lowest BCUT2D eigenvalue weighted by Crippen LogP contribution is -2.56. The van der Waals surface area contributed by atoms with Crippen molar-refractivity contribution in [1.82, 2.24) is 20.0 Å². The molecule has 3 fully saturated rings. The minimum Gasteiger partial charge on any atom is -0.370 e. The molecule has 0 radical (unpaired) electrons. The number of fused-ring (bicyclic) bond motifs is 1. The van der Waals surface area contributed by atoms with Gasteiger partial charge in [-0.2, -0.15) is 8.78 Å². The lowest BCUT2D eigenvalue weighted by atomic mass is 9.89. The highest BCUT2D eigenvalue weighted by Gasteiger charge is 2.50. The number of morpholine rings is 1. The summed E-state index contributed by atoms with van der Waals surface area (Å²) in [6.07, 6.45) is 5.01. The third-order valence-electron chi connectivity index (χ3n) is 11.5. The summed E-state index contributed by atoms with van der Waals surface area (Å²) in [5.74, 6) is -0.863. The van der Waals surface area contributed by atoms with Crippen LogP contribution < -0.4 is 5.32 Å². The Balaban J connectivity index is 1.06. The number of nitrogens with one attached hydrogen (secondary N) is 1. The highest BCUT2D eigenvalue weighted by Crippen LogP contribution is 2.59. The molecule has 3 N–H and O–H groups in total. The van der Waals surface area contributed by atoms with Crippen molar-refractivity contribution < 1.29 is 42.3 Å². The van der Waals surface area contributed by atoms with Crippen molar-refractivity contribution in [2.75, 3.05) is 45.9 Å². The largest absolute Gasteiger partial charge is 0.399 e. The van der Waals surface area contributed by atoms with Crippen LogP contribution >= 0.6 is 18.9 Å². The van der Waals surface area contributed by atoms with Gasteiger partial charge in [0, 0.05) is 23.4 Å². The monoisotopic (exact) mass is 822 g/mol. The fourth-order valence-electron chi connectivity index (χ4n) is 8.31. The second-order valence-corrected chi connectivity index (χ2v) is 18.1. The van der Waals surface area contributed by atoms with Crippen molar-refractivity contribution >= 4 is 46.7 Å².